The zero-order chi connectivity index (χ0) is 16.3. The van der Waals surface area contributed by atoms with Crippen LogP contribution < -0.4 is 5.32 Å². The molecule has 7 heteroatoms. The van der Waals surface area contributed by atoms with Crippen LogP contribution in [0, 0.1) is 0 Å². The summed E-state index contributed by atoms with van der Waals surface area (Å²) in [6.45, 7) is 0.926. The Morgan fingerprint density at radius 2 is 2.17 bits per heavy atom. The second kappa shape index (κ2) is 6.37. The summed E-state index contributed by atoms with van der Waals surface area (Å²) < 4.78 is 5.29. The number of pyridine rings is 1. The van der Waals surface area contributed by atoms with E-state index in [2.05, 4.69) is 15.3 Å². The Bertz CT molecular complexity index is 719. The molecule has 0 unspecified atom stereocenters. The molecule has 3 N–H and O–H groups in total. The highest BCUT2D eigenvalue weighted by Crippen LogP contribution is 2.25. The van der Waals surface area contributed by atoms with E-state index in [1.54, 1.807) is 12.4 Å². The van der Waals surface area contributed by atoms with Crippen LogP contribution in [0.5, 0.6) is 0 Å². The lowest BCUT2D eigenvalue weighted by Crippen LogP contribution is -2.53. The van der Waals surface area contributed by atoms with Crippen molar-refractivity contribution >= 4 is 22.9 Å². The molecule has 1 aliphatic heterocycles. The van der Waals surface area contributed by atoms with E-state index in [1.165, 1.54) is 0 Å². The molecule has 3 heterocycles. The lowest BCUT2D eigenvalue weighted by Gasteiger charge is -2.36. The summed E-state index contributed by atoms with van der Waals surface area (Å²) in [6, 6.07) is 3.73. The van der Waals surface area contributed by atoms with Gasteiger partial charge in [0.1, 0.15) is 5.65 Å². The molecule has 23 heavy (non-hydrogen) atoms. The van der Waals surface area contributed by atoms with E-state index in [-0.39, 0.29) is 18.7 Å². The highest BCUT2D eigenvalue weighted by molar-refractivity contribution is 5.87. The Labute approximate surface area is 133 Å². The van der Waals surface area contributed by atoms with Crippen LogP contribution in [-0.4, -0.2) is 45.7 Å². The van der Waals surface area contributed by atoms with Crippen molar-refractivity contribution in [1.29, 1.82) is 0 Å². The smallest absolute Gasteiger partial charge is 0.305 e. The van der Waals surface area contributed by atoms with Gasteiger partial charge in [-0.25, -0.2) is 4.98 Å². The summed E-state index contributed by atoms with van der Waals surface area (Å²) in [5.74, 6) is -1.10. The summed E-state index contributed by atoms with van der Waals surface area (Å²) in [5, 5.41) is 13.0. The van der Waals surface area contributed by atoms with E-state index in [9.17, 15) is 9.59 Å². The SMILES string of the molecule is O=C(O)CC1(NC(=O)Cc2c[nH]c3ncccc23)CCOCC1. The van der Waals surface area contributed by atoms with E-state index < -0.39 is 11.5 Å². The predicted molar refractivity (Wildman–Crippen MR) is 83.0 cm³/mol. The summed E-state index contributed by atoms with van der Waals surface area (Å²) in [4.78, 5) is 30.8. The molecular weight excluding hydrogens is 298 g/mol. The zero-order valence-corrected chi connectivity index (χ0v) is 12.7. The molecule has 3 rings (SSSR count). The molecular formula is C16H19N3O4. The number of fused-ring (bicyclic) bond motifs is 1. The Hall–Kier alpha value is -2.41. The maximum absolute atomic E-state index is 12.4. The fraction of sp³-hybridized carbons (Fsp3) is 0.438. The molecule has 0 bridgehead atoms. The summed E-state index contributed by atoms with van der Waals surface area (Å²) >= 11 is 0. The van der Waals surface area contributed by atoms with Crippen molar-refractivity contribution < 1.29 is 19.4 Å². The fourth-order valence-electron chi connectivity index (χ4n) is 3.07. The Balaban J connectivity index is 1.73. The molecule has 2 aromatic heterocycles. The van der Waals surface area contributed by atoms with Gasteiger partial charge in [-0.15, -0.1) is 0 Å². The number of H-pyrrole nitrogens is 1. The minimum atomic E-state index is -0.913. The molecule has 0 radical (unpaired) electrons. The number of hydrogen-bond acceptors (Lipinski definition) is 4. The monoisotopic (exact) mass is 317 g/mol. The molecule has 1 saturated heterocycles. The van der Waals surface area contributed by atoms with Crippen LogP contribution in [0.2, 0.25) is 0 Å². The largest absolute Gasteiger partial charge is 0.481 e. The summed E-state index contributed by atoms with van der Waals surface area (Å²) in [6.07, 6.45) is 4.59. The molecule has 7 nitrogen and oxygen atoms in total. The van der Waals surface area contributed by atoms with Crippen LogP contribution in [0.1, 0.15) is 24.8 Å². The minimum absolute atomic E-state index is 0.0858. The number of rotatable bonds is 5. The molecule has 1 aliphatic rings. The summed E-state index contributed by atoms with van der Waals surface area (Å²) in [7, 11) is 0. The Morgan fingerprint density at radius 1 is 1.39 bits per heavy atom. The van der Waals surface area contributed by atoms with E-state index in [1.807, 2.05) is 12.1 Å². The van der Waals surface area contributed by atoms with Crippen LogP contribution in [0.25, 0.3) is 11.0 Å². The minimum Gasteiger partial charge on any atom is -0.481 e. The van der Waals surface area contributed by atoms with Gasteiger partial charge in [-0.1, -0.05) is 0 Å². The third-order valence-corrected chi connectivity index (χ3v) is 4.23. The maximum Gasteiger partial charge on any atom is 0.305 e. The number of nitrogens with one attached hydrogen (secondary N) is 2. The van der Waals surface area contributed by atoms with E-state index in [0.29, 0.717) is 26.1 Å². The number of carbonyl (C=O) groups excluding carboxylic acids is 1. The number of nitrogens with zero attached hydrogens (tertiary/aromatic N) is 1. The number of carboxylic acids is 1. The van der Waals surface area contributed by atoms with Crippen molar-refractivity contribution in [2.24, 2.45) is 0 Å². The number of hydrogen-bond donors (Lipinski definition) is 3. The molecule has 0 spiro atoms. The predicted octanol–water partition coefficient (Wildman–Crippen LogP) is 1.25. The molecule has 0 aromatic carbocycles. The van der Waals surface area contributed by atoms with Gasteiger partial charge in [0.25, 0.3) is 0 Å². The Kier molecular flexibility index (Phi) is 4.29. The molecule has 122 valence electrons. The van der Waals surface area contributed by atoms with E-state index in [0.717, 1.165) is 16.6 Å². The van der Waals surface area contributed by atoms with E-state index >= 15 is 0 Å². The number of ether oxygens (including phenoxy) is 1. The van der Waals surface area contributed by atoms with Gasteiger partial charge in [-0.2, -0.15) is 0 Å². The van der Waals surface area contributed by atoms with Gasteiger partial charge in [-0.3, -0.25) is 9.59 Å². The third-order valence-electron chi connectivity index (χ3n) is 4.23. The molecule has 1 amide bonds. The average Bonchev–Trinajstić information content (AvgIpc) is 2.90. The molecule has 0 atom stereocenters. The second-order valence-corrected chi connectivity index (χ2v) is 5.90. The van der Waals surface area contributed by atoms with Gasteiger partial charge in [0, 0.05) is 31.0 Å². The third kappa shape index (κ3) is 3.50. The van der Waals surface area contributed by atoms with Crippen molar-refractivity contribution in [3.8, 4) is 0 Å². The van der Waals surface area contributed by atoms with Crippen molar-refractivity contribution in [1.82, 2.24) is 15.3 Å². The normalized spacial score (nSPS) is 17.0. The maximum atomic E-state index is 12.4. The van der Waals surface area contributed by atoms with Crippen molar-refractivity contribution in [2.75, 3.05) is 13.2 Å². The molecule has 0 saturated carbocycles. The van der Waals surface area contributed by atoms with Crippen molar-refractivity contribution in [2.45, 2.75) is 31.2 Å². The first-order valence-electron chi connectivity index (χ1n) is 7.60. The molecule has 0 aliphatic carbocycles. The topological polar surface area (TPSA) is 104 Å². The summed E-state index contributed by atoms with van der Waals surface area (Å²) in [5.41, 5.74) is 0.871. The highest BCUT2D eigenvalue weighted by Gasteiger charge is 2.36. The van der Waals surface area contributed by atoms with Gasteiger partial charge in [0.2, 0.25) is 5.91 Å². The highest BCUT2D eigenvalue weighted by atomic mass is 16.5. The number of carbonyl (C=O) groups is 2. The number of aromatic amines is 1. The molecule has 2 aromatic rings. The first kappa shape index (κ1) is 15.5. The number of carboxylic acid groups (broad SMARTS) is 1. The van der Waals surface area contributed by atoms with Crippen molar-refractivity contribution in [3.63, 3.8) is 0 Å². The zero-order valence-electron chi connectivity index (χ0n) is 12.7. The second-order valence-electron chi connectivity index (χ2n) is 5.90. The van der Waals surface area contributed by atoms with Crippen LogP contribution in [0.3, 0.4) is 0 Å². The van der Waals surface area contributed by atoms with Crippen LogP contribution >= 0.6 is 0 Å². The van der Waals surface area contributed by atoms with Gasteiger partial charge >= 0.3 is 5.97 Å². The van der Waals surface area contributed by atoms with Gasteiger partial charge in [0.15, 0.2) is 0 Å². The average molecular weight is 317 g/mol. The Morgan fingerprint density at radius 3 is 2.91 bits per heavy atom. The van der Waals surface area contributed by atoms with Crippen LogP contribution in [0.15, 0.2) is 24.5 Å². The quantitative estimate of drug-likeness (QED) is 0.770. The van der Waals surface area contributed by atoms with Crippen LogP contribution in [0.4, 0.5) is 0 Å². The lowest BCUT2D eigenvalue weighted by atomic mass is 9.86. The number of aromatic nitrogens is 2. The lowest BCUT2D eigenvalue weighted by molar-refractivity contribution is -0.140. The standard InChI is InChI=1S/C16H19N3O4/c20-13(8-11-10-18-15-12(11)2-1-5-17-15)19-16(9-14(21)22)3-6-23-7-4-16/h1-2,5,10H,3-4,6-9H2,(H,17,18)(H,19,20)(H,21,22). The number of aliphatic carboxylic acids is 1. The van der Waals surface area contributed by atoms with Gasteiger partial charge in [0.05, 0.1) is 18.4 Å². The van der Waals surface area contributed by atoms with Crippen molar-refractivity contribution in [3.05, 3.63) is 30.1 Å². The van der Waals surface area contributed by atoms with Gasteiger partial charge in [-0.05, 0) is 30.5 Å². The number of amides is 1. The first-order chi connectivity index (χ1) is 11.1. The van der Waals surface area contributed by atoms with Crippen LogP contribution in [-0.2, 0) is 20.7 Å². The van der Waals surface area contributed by atoms with E-state index in [4.69, 9.17) is 9.84 Å². The molecule has 1 fully saturated rings. The fourth-order valence-corrected chi connectivity index (χ4v) is 3.07. The first-order valence-corrected chi connectivity index (χ1v) is 7.60. The van der Waals surface area contributed by atoms with Gasteiger partial charge < -0.3 is 20.1 Å².